The van der Waals surface area contributed by atoms with Crippen LogP contribution in [-0.2, 0) is 0 Å². The van der Waals surface area contributed by atoms with Gasteiger partial charge in [0.2, 0.25) is 0 Å². The van der Waals surface area contributed by atoms with E-state index in [1.165, 1.54) is 10.5 Å². The summed E-state index contributed by atoms with van der Waals surface area (Å²) in [5.41, 5.74) is 2.36. The van der Waals surface area contributed by atoms with E-state index in [9.17, 15) is 5.11 Å². The summed E-state index contributed by atoms with van der Waals surface area (Å²) in [6.07, 6.45) is 1.04. The van der Waals surface area contributed by atoms with Gasteiger partial charge in [-0.05, 0) is 41.5 Å². The third-order valence-electron chi connectivity index (χ3n) is 3.80. The summed E-state index contributed by atoms with van der Waals surface area (Å²) >= 11 is 8.01. The van der Waals surface area contributed by atoms with Crippen LogP contribution in [0.25, 0.3) is 0 Å². The minimum absolute atomic E-state index is 0.0499. The zero-order valence-corrected chi connectivity index (χ0v) is 13.2. The first-order valence-electron chi connectivity index (χ1n) is 7.12. The summed E-state index contributed by atoms with van der Waals surface area (Å²) in [7, 11) is 0. The van der Waals surface area contributed by atoms with Gasteiger partial charge in [0.25, 0.3) is 0 Å². The van der Waals surface area contributed by atoms with Crippen LogP contribution < -0.4 is 5.32 Å². The number of aliphatic hydroxyl groups is 1. The summed E-state index contributed by atoms with van der Waals surface area (Å²) < 4.78 is 0. The highest BCUT2D eigenvalue weighted by atomic mass is 35.5. The number of aliphatic hydroxyl groups excluding tert-OH is 1. The molecular weight excluding hydrogens is 302 g/mol. The lowest BCUT2D eigenvalue weighted by atomic mass is 10.0. The lowest BCUT2D eigenvalue weighted by Gasteiger charge is -2.30. The van der Waals surface area contributed by atoms with Gasteiger partial charge < -0.3 is 10.4 Å². The number of rotatable bonds is 4. The van der Waals surface area contributed by atoms with Gasteiger partial charge in [-0.15, -0.1) is 11.8 Å². The molecule has 0 aromatic heterocycles. The fraction of sp³-hybridized carbons (Fsp3) is 0.294. The van der Waals surface area contributed by atoms with Crippen molar-refractivity contribution in [2.75, 3.05) is 12.4 Å². The second kappa shape index (κ2) is 6.84. The van der Waals surface area contributed by atoms with Crippen molar-refractivity contribution in [3.63, 3.8) is 0 Å². The maximum absolute atomic E-state index is 9.72. The Balaban J connectivity index is 1.84. The van der Waals surface area contributed by atoms with Crippen molar-refractivity contribution in [3.05, 3.63) is 64.7 Å². The zero-order chi connectivity index (χ0) is 14.7. The van der Waals surface area contributed by atoms with Crippen LogP contribution in [0.4, 0.5) is 0 Å². The smallest absolute Gasteiger partial charge is 0.0626 e. The molecule has 0 saturated heterocycles. The maximum Gasteiger partial charge on any atom is 0.0626 e. The number of benzene rings is 2. The molecule has 0 aliphatic carbocycles. The van der Waals surface area contributed by atoms with Crippen molar-refractivity contribution < 1.29 is 5.11 Å². The monoisotopic (exact) mass is 319 g/mol. The average Bonchev–Trinajstić information content (AvgIpc) is 2.53. The molecule has 2 unspecified atom stereocenters. The molecule has 0 amide bonds. The second-order valence-corrected chi connectivity index (χ2v) is 6.76. The van der Waals surface area contributed by atoms with Gasteiger partial charge in [0.05, 0.1) is 12.6 Å². The highest BCUT2D eigenvalue weighted by Gasteiger charge is 2.23. The molecule has 1 heterocycles. The SMILES string of the molecule is OCC(NC1CCSc2ccc(Cl)cc21)c1ccccc1. The second-order valence-electron chi connectivity index (χ2n) is 5.18. The number of hydrogen-bond acceptors (Lipinski definition) is 3. The molecule has 2 aromatic carbocycles. The molecule has 2 nitrogen and oxygen atoms in total. The molecule has 2 aromatic rings. The Morgan fingerprint density at radius 3 is 2.81 bits per heavy atom. The lowest BCUT2D eigenvalue weighted by molar-refractivity contribution is 0.231. The summed E-state index contributed by atoms with van der Waals surface area (Å²) in [4.78, 5) is 1.29. The predicted molar refractivity (Wildman–Crippen MR) is 88.9 cm³/mol. The molecule has 0 bridgehead atoms. The Bertz CT molecular complexity index is 605. The van der Waals surface area contributed by atoms with Gasteiger partial charge in [-0.25, -0.2) is 0 Å². The molecule has 2 N–H and O–H groups in total. The van der Waals surface area contributed by atoms with E-state index in [4.69, 9.17) is 11.6 Å². The van der Waals surface area contributed by atoms with Gasteiger partial charge in [0, 0.05) is 16.0 Å². The van der Waals surface area contributed by atoms with Crippen molar-refractivity contribution in [1.82, 2.24) is 5.32 Å². The van der Waals surface area contributed by atoms with E-state index in [-0.39, 0.29) is 18.7 Å². The molecule has 2 atom stereocenters. The summed E-state index contributed by atoms with van der Waals surface area (Å²) in [6.45, 7) is 0.0869. The quantitative estimate of drug-likeness (QED) is 0.886. The van der Waals surface area contributed by atoms with Crippen LogP contribution in [0.3, 0.4) is 0 Å². The molecule has 1 aliphatic heterocycles. The van der Waals surface area contributed by atoms with Gasteiger partial charge in [-0.2, -0.15) is 0 Å². The molecule has 0 spiro atoms. The number of hydrogen-bond donors (Lipinski definition) is 2. The van der Waals surface area contributed by atoms with Gasteiger partial charge >= 0.3 is 0 Å². The van der Waals surface area contributed by atoms with E-state index in [0.717, 1.165) is 22.8 Å². The van der Waals surface area contributed by atoms with Crippen molar-refractivity contribution in [1.29, 1.82) is 0 Å². The number of halogens is 1. The van der Waals surface area contributed by atoms with Crippen molar-refractivity contribution in [2.24, 2.45) is 0 Å². The third-order valence-corrected chi connectivity index (χ3v) is 5.16. The first kappa shape index (κ1) is 14.9. The molecule has 0 saturated carbocycles. The Morgan fingerprint density at radius 1 is 1.24 bits per heavy atom. The van der Waals surface area contributed by atoms with E-state index < -0.39 is 0 Å². The third kappa shape index (κ3) is 3.43. The van der Waals surface area contributed by atoms with Gasteiger partial charge in [-0.1, -0.05) is 41.9 Å². The topological polar surface area (TPSA) is 32.3 Å². The van der Waals surface area contributed by atoms with Crippen LogP contribution in [0.2, 0.25) is 5.02 Å². The molecule has 110 valence electrons. The van der Waals surface area contributed by atoms with Gasteiger partial charge in [0.1, 0.15) is 0 Å². The van der Waals surface area contributed by atoms with E-state index in [1.807, 2.05) is 54.2 Å². The fourth-order valence-corrected chi connectivity index (χ4v) is 4.01. The standard InChI is InChI=1S/C17H18ClNOS/c18-13-6-7-17-14(10-13)15(8-9-21-17)19-16(11-20)12-4-2-1-3-5-12/h1-7,10,15-16,19-20H,8-9,11H2. The number of nitrogens with one attached hydrogen (secondary N) is 1. The molecule has 4 heteroatoms. The molecule has 1 aliphatic rings. The Hall–Kier alpha value is -1.00. The first-order valence-corrected chi connectivity index (χ1v) is 8.48. The zero-order valence-electron chi connectivity index (χ0n) is 11.6. The molecular formula is C17H18ClNOS. The largest absolute Gasteiger partial charge is 0.394 e. The highest BCUT2D eigenvalue weighted by molar-refractivity contribution is 7.99. The van der Waals surface area contributed by atoms with Gasteiger partial charge in [0.15, 0.2) is 0 Å². The van der Waals surface area contributed by atoms with Crippen molar-refractivity contribution in [2.45, 2.75) is 23.4 Å². The van der Waals surface area contributed by atoms with Crippen LogP contribution >= 0.6 is 23.4 Å². The van der Waals surface area contributed by atoms with Crippen LogP contribution in [0, 0.1) is 0 Å². The van der Waals surface area contributed by atoms with Crippen LogP contribution in [0.15, 0.2) is 53.4 Å². The van der Waals surface area contributed by atoms with Crippen molar-refractivity contribution >= 4 is 23.4 Å². The summed E-state index contributed by atoms with van der Waals surface area (Å²) in [5.74, 6) is 1.08. The van der Waals surface area contributed by atoms with E-state index >= 15 is 0 Å². The first-order chi connectivity index (χ1) is 10.3. The van der Waals surface area contributed by atoms with Gasteiger partial charge in [-0.3, -0.25) is 0 Å². The average molecular weight is 320 g/mol. The van der Waals surface area contributed by atoms with Crippen molar-refractivity contribution in [3.8, 4) is 0 Å². The van der Waals surface area contributed by atoms with E-state index in [2.05, 4.69) is 11.4 Å². The maximum atomic E-state index is 9.72. The number of fused-ring (bicyclic) bond motifs is 1. The van der Waals surface area contributed by atoms with Crippen LogP contribution in [0.1, 0.15) is 29.6 Å². The van der Waals surface area contributed by atoms with Crippen LogP contribution in [-0.4, -0.2) is 17.5 Å². The Kier molecular flexibility index (Phi) is 4.86. The minimum atomic E-state index is -0.0499. The fourth-order valence-electron chi connectivity index (χ4n) is 2.72. The molecule has 21 heavy (non-hydrogen) atoms. The molecule has 0 radical (unpaired) electrons. The van der Waals surface area contributed by atoms with E-state index in [1.54, 1.807) is 0 Å². The minimum Gasteiger partial charge on any atom is -0.394 e. The summed E-state index contributed by atoms with van der Waals surface area (Å²) in [5, 5.41) is 14.1. The Morgan fingerprint density at radius 2 is 2.05 bits per heavy atom. The normalized spacial score (nSPS) is 19.0. The summed E-state index contributed by atoms with van der Waals surface area (Å²) in [6, 6.07) is 16.3. The Labute approximate surface area is 134 Å². The predicted octanol–water partition coefficient (Wildman–Crippen LogP) is 4.20. The number of thioether (sulfide) groups is 1. The lowest BCUT2D eigenvalue weighted by Crippen LogP contribution is -2.30. The highest BCUT2D eigenvalue weighted by Crippen LogP contribution is 2.38. The molecule has 0 fully saturated rings. The van der Waals surface area contributed by atoms with Crippen LogP contribution in [0.5, 0.6) is 0 Å². The van der Waals surface area contributed by atoms with E-state index in [0.29, 0.717) is 0 Å². The molecule has 3 rings (SSSR count).